The smallest absolute Gasteiger partial charge is 0.287 e. The van der Waals surface area contributed by atoms with Crippen LogP contribution >= 0.6 is 11.8 Å². The molecule has 1 aliphatic rings. The lowest BCUT2D eigenvalue weighted by atomic mass is 10.1. The lowest BCUT2D eigenvalue weighted by molar-refractivity contribution is 0.0904. The molecule has 1 atom stereocenters. The van der Waals surface area contributed by atoms with Gasteiger partial charge in [-0.1, -0.05) is 18.2 Å². The highest BCUT2D eigenvalue weighted by molar-refractivity contribution is 7.99. The average Bonchev–Trinajstić information content (AvgIpc) is 3.32. The van der Waals surface area contributed by atoms with Gasteiger partial charge in [0, 0.05) is 36.5 Å². The van der Waals surface area contributed by atoms with Crippen LogP contribution in [-0.4, -0.2) is 41.9 Å². The van der Waals surface area contributed by atoms with Crippen LogP contribution in [0.1, 0.15) is 22.4 Å². The summed E-state index contributed by atoms with van der Waals surface area (Å²) in [7, 11) is 0. The molecule has 4 rings (SSSR count). The number of carbonyl (C=O) groups is 1. The van der Waals surface area contributed by atoms with E-state index in [4.69, 9.17) is 8.83 Å². The molecule has 5 nitrogen and oxygen atoms in total. The molecule has 6 heteroatoms. The highest BCUT2D eigenvalue weighted by Gasteiger charge is 2.25. The van der Waals surface area contributed by atoms with E-state index in [2.05, 4.69) is 10.2 Å². The van der Waals surface area contributed by atoms with Gasteiger partial charge in [0.1, 0.15) is 11.3 Å². The van der Waals surface area contributed by atoms with E-state index in [1.807, 2.05) is 48.2 Å². The highest BCUT2D eigenvalue weighted by Crippen LogP contribution is 2.24. The third-order valence-electron chi connectivity index (χ3n) is 4.46. The maximum atomic E-state index is 12.5. The lowest BCUT2D eigenvalue weighted by Crippen LogP contribution is -2.41. The minimum Gasteiger partial charge on any atom is -0.468 e. The summed E-state index contributed by atoms with van der Waals surface area (Å²) >= 11 is 1.96. The van der Waals surface area contributed by atoms with Crippen LogP contribution in [0.5, 0.6) is 0 Å². The first-order valence-corrected chi connectivity index (χ1v) is 9.59. The van der Waals surface area contributed by atoms with Gasteiger partial charge in [-0.3, -0.25) is 9.69 Å². The fraction of sp³-hybridized carbons (Fsp3) is 0.316. The van der Waals surface area contributed by atoms with E-state index in [1.54, 1.807) is 12.3 Å². The number of fused-ring (bicyclic) bond motifs is 1. The fourth-order valence-electron chi connectivity index (χ4n) is 3.15. The lowest BCUT2D eigenvalue weighted by Gasteiger charge is -2.33. The molecule has 0 radical (unpaired) electrons. The number of amides is 1. The molecule has 0 unspecified atom stereocenters. The monoisotopic (exact) mass is 356 g/mol. The van der Waals surface area contributed by atoms with Crippen LogP contribution in [0, 0.1) is 0 Å². The maximum Gasteiger partial charge on any atom is 0.287 e. The van der Waals surface area contributed by atoms with Crippen LogP contribution in [0.2, 0.25) is 0 Å². The molecule has 0 bridgehead atoms. The first-order chi connectivity index (χ1) is 12.3. The molecule has 0 spiro atoms. The summed E-state index contributed by atoms with van der Waals surface area (Å²) in [5.41, 5.74) is 0.725. The van der Waals surface area contributed by atoms with Crippen molar-refractivity contribution in [3.05, 3.63) is 60.2 Å². The number of carbonyl (C=O) groups excluding carboxylic acids is 1. The number of thioether (sulfide) groups is 1. The quantitative estimate of drug-likeness (QED) is 0.758. The van der Waals surface area contributed by atoms with Gasteiger partial charge >= 0.3 is 0 Å². The van der Waals surface area contributed by atoms with Gasteiger partial charge in [-0.15, -0.1) is 0 Å². The molecule has 25 heavy (non-hydrogen) atoms. The standard InChI is InChI=1S/C19H20N2O3S/c22-19(18-12-14-4-1-2-5-16(14)24-18)20-13-15(17-6-3-9-23-17)21-7-10-25-11-8-21/h1-6,9,12,15H,7-8,10-11,13H2,(H,20,22)/t15-/m1/s1. The molecular weight excluding hydrogens is 336 g/mol. The van der Waals surface area contributed by atoms with Crippen LogP contribution in [0.15, 0.2) is 57.6 Å². The first-order valence-electron chi connectivity index (χ1n) is 8.43. The van der Waals surface area contributed by atoms with Crippen molar-refractivity contribution in [3.63, 3.8) is 0 Å². The largest absolute Gasteiger partial charge is 0.468 e. The summed E-state index contributed by atoms with van der Waals surface area (Å²) in [5, 5.41) is 3.94. The van der Waals surface area contributed by atoms with E-state index in [0.717, 1.165) is 41.3 Å². The van der Waals surface area contributed by atoms with Gasteiger partial charge in [0.25, 0.3) is 5.91 Å². The third-order valence-corrected chi connectivity index (χ3v) is 5.41. The number of nitrogens with zero attached hydrogens (tertiary/aromatic N) is 1. The van der Waals surface area contributed by atoms with Gasteiger partial charge in [-0.05, 0) is 24.3 Å². The number of para-hydroxylation sites is 1. The Balaban J connectivity index is 1.47. The summed E-state index contributed by atoms with van der Waals surface area (Å²) < 4.78 is 11.3. The zero-order valence-electron chi connectivity index (χ0n) is 13.8. The van der Waals surface area contributed by atoms with E-state index < -0.39 is 0 Å². The van der Waals surface area contributed by atoms with E-state index >= 15 is 0 Å². The molecule has 0 saturated carbocycles. The molecule has 0 aliphatic carbocycles. The molecule has 3 aromatic rings. The Labute approximate surface area is 150 Å². The Morgan fingerprint density at radius 2 is 2.04 bits per heavy atom. The normalized spacial score (nSPS) is 16.8. The number of furan rings is 2. The molecule has 130 valence electrons. The van der Waals surface area contributed by atoms with Crippen molar-refractivity contribution in [1.29, 1.82) is 0 Å². The molecule has 2 aromatic heterocycles. The second kappa shape index (κ2) is 7.37. The van der Waals surface area contributed by atoms with Crippen LogP contribution in [0.4, 0.5) is 0 Å². The molecular formula is C19H20N2O3S. The number of benzene rings is 1. The van der Waals surface area contributed by atoms with Crippen molar-refractivity contribution in [2.45, 2.75) is 6.04 Å². The number of hydrogen-bond donors (Lipinski definition) is 1. The van der Waals surface area contributed by atoms with Crippen molar-refractivity contribution >= 4 is 28.6 Å². The Hall–Kier alpha value is -2.18. The van der Waals surface area contributed by atoms with Crippen LogP contribution < -0.4 is 5.32 Å². The number of hydrogen-bond acceptors (Lipinski definition) is 5. The third kappa shape index (κ3) is 3.60. The minimum absolute atomic E-state index is 0.0456. The van der Waals surface area contributed by atoms with Gasteiger partial charge in [0.05, 0.1) is 12.3 Å². The van der Waals surface area contributed by atoms with Crippen molar-refractivity contribution in [1.82, 2.24) is 10.2 Å². The molecule has 3 heterocycles. The van der Waals surface area contributed by atoms with E-state index in [1.165, 1.54) is 0 Å². The Morgan fingerprint density at radius 1 is 1.20 bits per heavy atom. The first kappa shape index (κ1) is 16.3. The van der Waals surface area contributed by atoms with Gasteiger partial charge in [0.15, 0.2) is 5.76 Å². The SMILES string of the molecule is O=C(NC[C@H](c1ccco1)N1CCSCC1)c1cc2ccccc2o1. The van der Waals surface area contributed by atoms with Gasteiger partial charge < -0.3 is 14.2 Å². The van der Waals surface area contributed by atoms with Crippen LogP contribution in [0.25, 0.3) is 11.0 Å². The second-order valence-corrected chi connectivity index (χ2v) is 7.26. The Bertz CT molecular complexity index is 804. The van der Waals surface area contributed by atoms with Crippen molar-refractivity contribution in [2.75, 3.05) is 31.1 Å². The van der Waals surface area contributed by atoms with E-state index in [0.29, 0.717) is 12.3 Å². The predicted molar refractivity (Wildman–Crippen MR) is 98.9 cm³/mol. The predicted octanol–water partition coefficient (Wildman–Crippen LogP) is 3.55. The van der Waals surface area contributed by atoms with E-state index in [9.17, 15) is 4.79 Å². The molecule has 1 aromatic carbocycles. The molecule has 1 aliphatic heterocycles. The van der Waals surface area contributed by atoms with Gasteiger partial charge in [0.2, 0.25) is 0 Å². The van der Waals surface area contributed by atoms with Crippen LogP contribution in [-0.2, 0) is 0 Å². The summed E-state index contributed by atoms with van der Waals surface area (Å²) in [6.07, 6.45) is 1.68. The summed E-state index contributed by atoms with van der Waals surface area (Å²) in [6.45, 7) is 2.49. The van der Waals surface area contributed by atoms with Crippen molar-refractivity contribution < 1.29 is 13.6 Å². The number of rotatable bonds is 5. The molecule has 1 N–H and O–H groups in total. The zero-order chi connectivity index (χ0) is 17.1. The van der Waals surface area contributed by atoms with Gasteiger partial charge in [-0.2, -0.15) is 11.8 Å². The minimum atomic E-state index is -0.195. The summed E-state index contributed by atoms with van der Waals surface area (Å²) in [6, 6.07) is 13.3. The maximum absolute atomic E-state index is 12.5. The van der Waals surface area contributed by atoms with E-state index in [-0.39, 0.29) is 11.9 Å². The fourth-order valence-corrected chi connectivity index (χ4v) is 4.08. The Morgan fingerprint density at radius 3 is 2.80 bits per heavy atom. The molecule has 1 amide bonds. The summed E-state index contributed by atoms with van der Waals surface area (Å²) in [4.78, 5) is 14.9. The molecule has 1 fully saturated rings. The highest BCUT2D eigenvalue weighted by atomic mass is 32.2. The summed E-state index contributed by atoms with van der Waals surface area (Å²) in [5.74, 6) is 3.24. The van der Waals surface area contributed by atoms with Gasteiger partial charge in [-0.25, -0.2) is 0 Å². The average molecular weight is 356 g/mol. The topological polar surface area (TPSA) is 58.6 Å². The van der Waals surface area contributed by atoms with Crippen LogP contribution in [0.3, 0.4) is 0 Å². The van der Waals surface area contributed by atoms with Crippen molar-refractivity contribution in [2.24, 2.45) is 0 Å². The Kier molecular flexibility index (Phi) is 4.81. The number of nitrogens with one attached hydrogen (secondary N) is 1. The zero-order valence-corrected chi connectivity index (χ0v) is 14.6. The second-order valence-electron chi connectivity index (χ2n) is 6.04. The molecule has 1 saturated heterocycles. The van der Waals surface area contributed by atoms with Crippen molar-refractivity contribution in [3.8, 4) is 0 Å².